The monoisotopic (exact) mass is 410 g/mol. The molecule has 0 aromatic heterocycles. The Labute approximate surface area is 185 Å². The Morgan fingerprint density at radius 3 is 1.30 bits per heavy atom. The summed E-state index contributed by atoms with van der Waals surface area (Å²) in [6.07, 6.45) is 0. The van der Waals surface area contributed by atoms with Gasteiger partial charge >= 0.3 is 0 Å². The van der Waals surface area contributed by atoms with Crippen molar-refractivity contribution in [3.05, 3.63) is 119 Å². The fraction of sp³-hybridized carbons (Fsp3) is 0.241. The van der Waals surface area contributed by atoms with Gasteiger partial charge in [0, 0.05) is 15.2 Å². The van der Waals surface area contributed by atoms with Gasteiger partial charge in [0.1, 0.15) is 0 Å². The molecule has 0 aliphatic carbocycles. The molecule has 1 heterocycles. The molecule has 1 heteroatoms. The summed E-state index contributed by atoms with van der Waals surface area (Å²) in [5.74, 6) is 0. The van der Waals surface area contributed by atoms with Crippen LogP contribution in [-0.4, -0.2) is 0 Å². The van der Waals surface area contributed by atoms with Crippen molar-refractivity contribution in [3.63, 3.8) is 0 Å². The molecule has 0 unspecified atom stereocenters. The highest BCUT2D eigenvalue weighted by atomic mass is 32.2. The first-order valence-electron chi connectivity index (χ1n) is 10.6. The fourth-order valence-corrected chi connectivity index (χ4v) is 6.61. The van der Waals surface area contributed by atoms with Gasteiger partial charge in [-0.3, -0.25) is 0 Å². The quantitative estimate of drug-likeness (QED) is 0.416. The molecule has 1 aliphatic heterocycles. The highest BCUT2D eigenvalue weighted by Gasteiger charge is 2.50. The van der Waals surface area contributed by atoms with Gasteiger partial charge in [-0.15, -0.1) is 0 Å². The van der Waals surface area contributed by atoms with Crippen molar-refractivity contribution < 1.29 is 0 Å². The molecule has 0 nitrogen and oxygen atoms in total. The summed E-state index contributed by atoms with van der Waals surface area (Å²) in [6, 6.07) is 32.8. The van der Waals surface area contributed by atoms with Gasteiger partial charge in [0.25, 0.3) is 0 Å². The standard InChI is InChI=1S/C29H30S/c1-21-26(23-15-9-6-10-16-23)30-27(24-17-11-7-12-18-24)22(2)29(21,28(3,4)5)25-19-13-8-14-20-25/h6-20H,1-5H3. The van der Waals surface area contributed by atoms with Gasteiger partial charge in [0.05, 0.1) is 0 Å². The van der Waals surface area contributed by atoms with E-state index in [1.165, 1.54) is 37.6 Å². The van der Waals surface area contributed by atoms with Gasteiger partial charge in [-0.1, -0.05) is 124 Å². The third kappa shape index (κ3) is 3.26. The van der Waals surface area contributed by atoms with Crippen LogP contribution in [0.15, 0.2) is 102 Å². The van der Waals surface area contributed by atoms with Crippen LogP contribution in [0.1, 0.15) is 51.3 Å². The van der Waals surface area contributed by atoms with Crippen molar-refractivity contribution in [2.24, 2.45) is 5.41 Å². The average molecular weight is 411 g/mol. The summed E-state index contributed by atoms with van der Waals surface area (Å²) in [6.45, 7) is 11.8. The molecule has 3 aromatic rings. The minimum Gasteiger partial charge on any atom is -0.0889 e. The van der Waals surface area contributed by atoms with Crippen molar-refractivity contribution >= 4 is 21.6 Å². The molecule has 0 saturated heterocycles. The topological polar surface area (TPSA) is 0 Å². The third-order valence-corrected chi connectivity index (χ3v) is 7.91. The van der Waals surface area contributed by atoms with E-state index in [0.29, 0.717) is 0 Å². The predicted octanol–water partition coefficient (Wildman–Crippen LogP) is 8.58. The van der Waals surface area contributed by atoms with Gasteiger partial charge in [-0.05, 0) is 47.1 Å². The van der Waals surface area contributed by atoms with Crippen molar-refractivity contribution in [2.45, 2.75) is 40.0 Å². The second-order valence-electron chi connectivity index (χ2n) is 9.11. The van der Waals surface area contributed by atoms with E-state index in [-0.39, 0.29) is 10.8 Å². The Kier molecular flexibility index (Phi) is 5.51. The molecule has 4 rings (SSSR count). The molecule has 0 radical (unpaired) electrons. The first-order valence-corrected chi connectivity index (χ1v) is 11.5. The third-order valence-electron chi connectivity index (χ3n) is 6.41. The predicted molar refractivity (Wildman–Crippen MR) is 133 cm³/mol. The number of allylic oxidation sites excluding steroid dienone is 2. The Morgan fingerprint density at radius 1 is 0.567 bits per heavy atom. The lowest BCUT2D eigenvalue weighted by Gasteiger charge is -2.51. The second kappa shape index (κ2) is 7.96. The van der Waals surface area contributed by atoms with Crippen LogP contribution in [0.4, 0.5) is 0 Å². The molecule has 0 bridgehead atoms. The van der Waals surface area contributed by atoms with Crippen molar-refractivity contribution in [1.29, 1.82) is 0 Å². The lowest BCUT2D eigenvalue weighted by atomic mass is 9.55. The highest BCUT2D eigenvalue weighted by molar-refractivity contribution is 8.16. The first-order chi connectivity index (χ1) is 14.4. The van der Waals surface area contributed by atoms with Crippen LogP contribution in [0.2, 0.25) is 0 Å². The van der Waals surface area contributed by atoms with E-state index in [9.17, 15) is 0 Å². The zero-order valence-electron chi connectivity index (χ0n) is 18.6. The number of hydrogen-bond acceptors (Lipinski definition) is 1. The zero-order chi connectivity index (χ0) is 21.4. The van der Waals surface area contributed by atoms with E-state index < -0.39 is 0 Å². The molecular weight excluding hydrogens is 380 g/mol. The summed E-state index contributed by atoms with van der Waals surface area (Å²) in [7, 11) is 0. The van der Waals surface area contributed by atoms with Crippen LogP contribution in [0.25, 0.3) is 9.81 Å². The van der Waals surface area contributed by atoms with Crippen molar-refractivity contribution in [3.8, 4) is 0 Å². The fourth-order valence-electron chi connectivity index (χ4n) is 5.29. The molecule has 30 heavy (non-hydrogen) atoms. The molecule has 0 N–H and O–H groups in total. The lowest BCUT2D eigenvalue weighted by Crippen LogP contribution is -2.44. The highest BCUT2D eigenvalue weighted by Crippen LogP contribution is 2.62. The first kappa shape index (κ1) is 20.8. The molecule has 0 atom stereocenters. The molecule has 3 aromatic carbocycles. The normalized spacial score (nSPS) is 16.7. The van der Waals surface area contributed by atoms with Gasteiger partial charge in [0.15, 0.2) is 0 Å². The molecule has 0 saturated carbocycles. The lowest BCUT2D eigenvalue weighted by molar-refractivity contribution is 0.264. The van der Waals surface area contributed by atoms with Crippen LogP contribution in [0.5, 0.6) is 0 Å². The molecule has 0 amide bonds. The zero-order valence-corrected chi connectivity index (χ0v) is 19.4. The maximum atomic E-state index is 2.38. The van der Waals surface area contributed by atoms with E-state index in [4.69, 9.17) is 0 Å². The van der Waals surface area contributed by atoms with Crippen molar-refractivity contribution in [2.75, 3.05) is 0 Å². The summed E-state index contributed by atoms with van der Waals surface area (Å²) in [4.78, 5) is 2.75. The van der Waals surface area contributed by atoms with Crippen LogP contribution in [0.3, 0.4) is 0 Å². The Morgan fingerprint density at radius 2 is 0.933 bits per heavy atom. The molecule has 1 aliphatic rings. The van der Waals surface area contributed by atoms with E-state index in [1.54, 1.807) is 0 Å². The van der Waals surface area contributed by atoms with Crippen LogP contribution in [0, 0.1) is 5.41 Å². The number of benzene rings is 3. The minimum absolute atomic E-state index is 0.00353. The van der Waals surface area contributed by atoms with Gasteiger partial charge in [0.2, 0.25) is 0 Å². The van der Waals surface area contributed by atoms with E-state index in [2.05, 4.69) is 126 Å². The Balaban J connectivity index is 2.11. The largest absolute Gasteiger partial charge is 0.0889 e. The smallest absolute Gasteiger partial charge is 0.0441 e. The summed E-state index contributed by atoms with van der Waals surface area (Å²) in [5.41, 5.74) is 6.66. The number of hydrogen-bond donors (Lipinski definition) is 0. The van der Waals surface area contributed by atoms with Crippen LogP contribution in [-0.2, 0) is 5.41 Å². The summed E-state index contributed by atoms with van der Waals surface area (Å²) >= 11 is 1.93. The van der Waals surface area contributed by atoms with Crippen LogP contribution >= 0.6 is 11.8 Å². The van der Waals surface area contributed by atoms with E-state index in [0.717, 1.165) is 0 Å². The molecule has 152 valence electrons. The SMILES string of the molecule is CC1=C(c2ccccc2)SC(c2ccccc2)=C(C)C1(c1ccccc1)C(C)(C)C. The molecule has 0 spiro atoms. The Hall–Kier alpha value is -2.51. The number of rotatable bonds is 3. The maximum Gasteiger partial charge on any atom is 0.0441 e. The summed E-state index contributed by atoms with van der Waals surface area (Å²) in [5, 5.41) is 0. The van der Waals surface area contributed by atoms with Crippen molar-refractivity contribution in [1.82, 2.24) is 0 Å². The van der Waals surface area contributed by atoms with Gasteiger partial charge < -0.3 is 0 Å². The molecular formula is C29H30S. The Bertz CT molecular complexity index is 1020. The second-order valence-corrected chi connectivity index (χ2v) is 10.1. The van der Waals surface area contributed by atoms with E-state index >= 15 is 0 Å². The minimum atomic E-state index is -0.185. The summed E-state index contributed by atoms with van der Waals surface area (Å²) < 4.78 is 0. The molecule has 0 fully saturated rings. The van der Waals surface area contributed by atoms with E-state index in [1.807, 2.05) is 11.8 Å². The van der Waals surface area contributed by atoms with Gasteiger partial charge in [-0.25, -0.2) is 0 Å². The van der Waals surface area contributed by atoms with Crippen LogP contribution < -0.4 is 0 Å². The average Bonchev–Trinajstić information content (AvgIpc) is 2.75. The van der Waals surface area contributed by atoms with Gasteiger partial charge in [-0.2, -0.15) is 0 Å². The maximum absolute atomic E-state index is 2.38. The number of thioether (sulfide) groups is 1.